The maximum absolute atomic E-state index is 13.1. The summed E-state index contributed by atoms with van der Waals surface area (Å²) in [5.41, 5.74) is 0.907. The zero-order chi connectivity index (χ0) is 23.4. The van der Waals surface area contributed by atoms with Crippen LogP contribution in [0.15, 0.2) is 58.4 Å². The van der Waals surface area contributed by atoms with Crippen molar-refractivity contribution in [2.45, 2.75) is 12.5 Å². The van der Waals surface area contributed by atoms with Crippen molar-refractivity contribution in [2.24, 2.45) is 0 Å². The minimum Gasteiger partial charge on any atom is -0.503 e. The lowest BCUT2D eigenvalue weighted by Gasteiger charge is -2.30. The first-order valence-electron chi connectivity index (χ1n) is 10.8. The Morgan fingerprint density at radius 3 is 2.48 bits per heavy atom. The molecule has 1 N–H and O–H groups in total. The molecular weight excluding hydrogens is 428 g/mol. The maximum atomic E-state index is 13.1. The van der Waals surface area contributed by atoms with Gasteiger partial charge in [0.2, 0.25) is 5.78 Å². The number of hydrogen-bond donors (Lipinski definition) is 1. The summed E-state index contributed by atoms with van der Waals surface area (Å²) in [6.45, 7) is 4.14. The van der Waals surface area contributed by atoms with Gasteiger partial charge in [-0.05, 0) is 36.2 Å². The second-order valence-electron chi connectivity index (χ2n) is 7.89. The molecule has 4 rings (SSSR count). The van der Waals surface area contributed by atoms with Gasteiger partial charge in [-0.3, -0.25) is 14.5 Å². The molecule has 0 spiro atoms. The summed E-state index contributed by atoms with van der Waals surface area (Å²) in [5.74, 6) is -2.19. The molecule has 9 nitrogen and oxygen atoms in total. The number of methoxy groups -OCH3 is 1. The van der Waals surface area contributed by atoms with Crippen molar-refractivity contribution in [1.29, 1.82) is 0 Å². The van der Waals surface area contributed by atoms with Crippen molar-refractivity contribution in [3.63, 3.8) is 0 Å². The molecule has 0 saturated carbocycles. The predicted octanol–water partition coefficient (Wildman–Crippen LogP) is 2.37. The highest BCUT2D eigenvalue weighted by molar-refractivity contribution is 6.15. The van der Waals surface area contributed by atoms with E-state index in [0.29, 0.717) is 37.3 Å². The van der Waals surface area contributed by atoms with Crippen LogP contribution in [0.1, 0.15) is 38.9 Å². The van der Waals surface area contributed by atoms with Gasteiger partial charge in [-0.2, -0.15) is 0 Å². The third kappa shape index (κ3) is 4.69. The van der Waals surface area contributed by atoms with E-state index in [1.165, 1.54) is 24.3 Å². The number of carbonyl (C=O) groups excluding carboxylic acids is 3. The molecule has 1 amide bonds. The minimum absolute atomic E-state index is 0.0351. The van der Waals surface area contributed by atoms with Gasteiger partial charge in [0, 0.05) is 26.2 Å². The molecule has 33 heavy (non-hydrogen) atoms. The molecule has 174 valence electrons. The van der Waals surface area contributed by atoms with Crippen molar-refractivity contribution in [3.05, 3.63) is 70.9 Å². The molecule has 1 saturated heterocycles. The van der Waals surface area contributed by atoms with Crippen LogP contribution >= 0.6 is 0 Å². The van der Waals surface area contributed by atoms with Crippen LogP contribution in [0.5, 0.6) is 0 Å². The van der Waals surface area contributed by atoms with Gasteiger partial charge in [0.1, 0.15) is 0 Å². The van der Waals surface area contributed by atoms with Gasteiger partial charge >= 0.3 is 5.97 Å². The fraction of sp³-hybridized carbons (Fsp3) is 0.375. The average molecular weight is 454 g/mol. The average Bonchev–Trinajstić information content (AvgIpc) is 3.47. The van der Waals surface area contributed by atoms with E-state index < -0.39 is 29.5 Å². The van der Waals surface area contributed by atoms with Crippen LogP contribution < -0.4 is 0 Å². The zero-order valence-corrected chi connectivity index (χ0v) is 18.4. The van der Waals surface area contributed by atoms with Crippen molar-refractivity contribution in [3.8, 4) is 0 Å². The number of morpholine rings is 1. The number of amides is 1. The third-order valence-corrected chi connectivity index (χ3v) is 5.92. The Bertz CT molecular complexity index is 1040. The molecule has 0 aliphatic carbocycles. The van der Waals surface area contributed by atoms with Crippen LogP contribution in [0, 0.1) is 0 Å². The van der Waals surface area contributed by atoms with E-state index in [1.54, 1.807) is 30.3 Å². The lowest BCUT2D eigenvalue weighted by Crippen LogP contribution is -2.39. The number of rotatable bonds is 8. The fourth-order valence-electron chi connectivity index (χ4n) is 4.21. The van der Waals surface area contributed by atoms with Crippen LogP contribution in [0.2, 0.25) is 0 Å². The normalized spacial score (nSPS) is 19.2. The molecule has 2 aliphatic rings. The first kappa shape index (κ1) is 22.8. The highest BCUT2D eigenvalue weighted by Crippen LogP contribution is 2.39. The number of aliphatic hydroxyl groups excluding tert-OH is 1. The van der Waals surface area contributed by atoms with E-state index in [9.17, 15) is 19.5 Å². The highest BCUT2D eigenvalue weighted by atomic mass is 16.5. The van der Waals surface area contributed by atoms with Gasteiger partial charge in [0.15, 0.2) is 11.5 Å². The second kappa shape index (κ2) is 10.0. The van der Waals surface area contributed by atoms with Crippen LogP contribution in [0.25, 0.3) is 0 Å². The Hall–Kier alpha value is -3.43. The summed E-state index contributed by atoms with van der Waals surface area (Å²) in [5, 5.41) is 10.7. The summed E-state index contributed by atoms with van der Waals surface area (Å²) in [6.07, 6.45) is 2.03. The molecule has 0 radical (unpaired) electrons. The number of nitrogens with zero attached hydrogens (tertiary/aromatic N) is 2. The zero-order valence-electron chi connectivity index (χ0n) is 18.4. The summed E-state index contributed by atoms with van der Waals surface area (Å²) in [4.78, 5) is 41.7. The van der Waals surface area contributed by atoms with E-state index in [1.807, 2.05) is 0 Å². The van der Waals surface area contributed by atoms with E-state index in [-0.39, 0.29) is 11.3 Å². The van der Waals surface area contributed by atoms with Crippen LogP contribution in [0.4, 0.5) is 0 Å². The van der Waals surface area contributed by atoms with Crippen LogP contribution in [-0.2, 0) is 14.3 Å². The standard InChI is InChI=1S/C24H26N2O7/c1-31-24(30)17-7-5-16(6-8-17)20-19(21(27)18-4-2-13-33-18)22(28)23(29)26(20)10-3-9-25-11-14-32-15-12-25/h2,4-8,13,20,28H,3,9-12,14-15H2,1H3/t20-/m1/s1. The first-order chi connectivity index (χ1) is 16.0. The number of hydrogen-bond acceptors (Lipinski definition) is 8. The number of carbonyl (C=O) groups is 3. The molecular formula is C24H26N2O7. The van der Waals surface area contributed by atoms with Gasteiger partial charge in [-0.1, -0.05) is 12.1 Å². The molecule has 1 aromatic heterocycles. The predicted molar refractivity (Wildman–Crippen MR) is 117 cm³/mol. The van der Waals surface area contributed by atoms with Crippen LogP contribution in [0.3, 0.4) is 0 Å². The summed E-state index contributed by atoms with van der Waals surface area (Å²) < 4.78 is 15.3. The Morgan fingerprint density at radius 1 is 1.12 bits per heavy atom. The highest BCUT2D eigenvalue weighted by Gasteiger charge is 2.44. The molecule has 0 unspecified atom stereocenters. The lowest BCUT2D eigenvalue weighted by atomic mass is 9.94. The maximum Gasteiger partial charge on any atom is 0.337 e. The summed E-state index contributed by atoms with van der Waals surface area (Å²) in [7, 11) is 1.29. The topological polar surface area (TPSA) is 110 Å². The monoisotopic (exact) mass is 454 g/mol. The van der Waals surface area contributed by atoms with Gasteiger partial charge in [0.05, 0.1) is 43.8 Å². The molecule has 1 fully saturated rings. The Morgan fingerprint density at radius 2 is 1.85 bits per heavy atom. The Balaban J connectivity index is 1.61. The Labute approximate surface area is 191 Å². The van der Waals surface area contributed by atoms with Gasteiger partial charge in [0.25, 0.3) is 5.91 Å². The number of esters is 1. The van der Waals surface area contributed by atoms with Crippen molar-refractivity contribution < 1.29 is 33.4 Å². The first-order valence-corrected chi connectivity index (χ1v) is 10.8. The van der Waals surface area contributed by atoms with Crippen molar-refractivity contribution >= 4 is 17.7 Å². The van der Waals surface area contributed by atoms with Crippen molar-refractivity contribution in [2.75, 3.05) is 46.5 Å². The van der Waals surface area contributed by atoms with E-state index >= 15 is 0 Å². The molecule has 2 aromatic rings. The van der Waals surface area contributed by atoms with Gasteiger partial charge in [-0.25, -0.2) is 4.79 Å². The third-order valence-electron chi connectivity index (χ3n) is 5.92. The number of benzene rings is 1. The Kier molecular flexibility index (Phi) is 6.90. The lowest BCUT2D eigenvalue weighted by molar-refractivity contribution is -0.129. The summed E-state index contributed by atoms with van der Waals surface area (Å²) in [6, 6.07) is 8.73. The number of furan rings is 1. The fourth-order valence-corrected chi connectivity index (χ4v) is 4.21. The minimum atomic E-state index is -0.800. The number of ether oxygens (including phenoxy) is 2. The van der Waals surface area contributed by atoms with Gasteiger partial charge < -0.3 is 23.9 Å². The van der Waals surface area contributed by atoms with Crippen molar-refractivity contribution in [1.82, 2.24) is 9.80 Å². The largest absolute Gasteiger partial charge is 0.503 e. The molecule has 1 aromatic carbocycles. The second-order valence-corrected chi connectivity index (χ2v) is 7.89. The van der Waals surface area contributed by atoms with E-state index in [4.69, 9.17) is 13.9 Å². The number of aliphatic hydroxyl groups is 1. The van der Waals surface area contributed by atoms with E-state index in [2.05, 4.69) is 4.90 Å². The quantitative estimate of drug-likeness (QED) is 0.478. The molecule has 2 aliphatic heterocycles. The van der Waals surface area contributed by atoms with E-state index in [0.717, 1.165) is 19.6 Å². The molecule has 0 bridgehead atoms. The van der Waals surface area contributed by atoms with Crippen LogP contribution in [-0.4, -0.2) is 79.1 Å². The smallest absolute Gasteiger partial charge is 0.337 e. The number of Topliss-reactive ketones (excluding diaryl/α,β-unsaturated/α-hetero) is 1. The summed E-state index contributed by atoms with van der Waals surface area (Å²) >= 11 is 0. The molecule has 1 atom stereocenters. The molecule has 9 heteroatoms. The molecule has 3 heterocycles. The number of ketones is 1. The van der Waals surface area contributed by atoms with Gasteiger partial charge in [-0.15, -0.1) is 0 Å². The SMILES string of the molecule is COC(=O)c1ccc([C@@H]2C(C(=O)c3ccco3)=C(O)C(=O)N2CCCN2CCOCC2)cc1.